The van der Waals surface area contributed by atoms with Crippen LogP contribution in [0.2, 0.25) is 0 Å². The minimum atomic E-state index is -0.374. The summed E-state index contributed by atoms with van der Waals surface area (Å²) in [7, 11) is 0. The summed E-state index contributed by atoms with van der Waals surface area (Å²) in [6.45, 7) is 1.19. The summed E-state index contributed by atoms with van der Waals surface area (Å²) in [5, 5.41) is 10.3. The molecule has 0 spiro atoms. The molecule has 0 radical (unpaired) electrons. The lowest BCUT2D eigenvalue weighted by atomic mass is 9.95. The number of fused-ring (bicyclic) bond motifs is 1. The minimum absolute atomic E-state index is 0.374. The van der Waals surface area contributed by atoms with Gasteiger partial charge in [-0.05, 0) is 41.5 Å². The Morgan fingerprint density at radius 2 is 2.06 bits per heavy atom. The van der Waals surface area contributed by atoms with Gasteiger partial charge in [-0.3, -0.25) is 0 Å². The maximum atomic E-state index is 10.3. The summed E-state index contributed by atoms with van der Waals surface area (Å²) in [5.41, 5.74) is 0.946. The smallest absolute Gasteiger partial charge is 0.161 e. The summed E-state index contributed by atoms with van der Waals surface area (Å²) in [5.74, 6) is 4.14. The van der Waals surface area contributed by atoms with E-state index in [1.165, 1.54) is 0 Å². The van der Waals surface area contributed by atoms with Gasteiger partial charge in [-0.15, -0.1) is 0 Å². The normalized spacial score (nSPS) is 24.6. The van der Waals surface area contributed by atoms with Gasteiger partial charge in [0.05, 0.1) is 6.10 Å². The van der Waals surface area contributed by atoms with E-state index in [-0.39, 0.29) is 6.10 Å². The van der Waals surface area contributed by atoms with Crippen molar-refractivity contribution in [2.75, 3.05) is 24.7 Å². The maximum absolute atomic E-state index is 10.3. The molecule has 1 N–H and O–H groups in total. The van der Waals surface area contributed by atoms with Gasteiger partial charge in [0.1, 0.15) is 13.2 Å². The van der Waals surface area contributed by atoms with Gasteiger partial charge >= 0.3 is 0 Å². The largest absolute Gasteiger partial charge is 0.486 e. The predicted octanol–water partition coefficient (Wildman–Crippen LogP) is 2.24. The van der Waals surface area contributed by atoms with Gasteiger partial charge in [0, 0.05) is 0 Å². The molecule has 0 aromatic heterocycles. The Balaban J connectivity index is 1.82. The number of aliphatic hydroxyl groups excluding tert-OH is 1. The van der Waals surface area contributed by atoms with Crippen molar-refractivity contribution in [2.24, 2.45) is 5.92 Å². The molecular weight excluding hydrogens is 236 g/mol. The predicted molar refractivity (Wildman–Crippen MR) is 67.8 cm³/mol. The number of hydrogen-bond acceptors (Lipinski definition) is 4. The molecule has 3 nitrogen and oxygen atoms in total. The third-order valence-corrected chi connectivity index (χ3v) is 4.51. The number of ether oxygens (including phenoxy) is 2. The molecule has 0 saturated carbocycles. The Bertz CT molecular complexity index is 402. The van der Waals surface area contributed by atoms with Crippen LogP contribution < -0.4 is 9.47 Å². The zero-order valence-corrected chi connectivity index (χ0v) is 10.4. The molecule has 0 bridgehead atoms. The lowest BCUT2D eigenvalue weighted by Gasteiger charge is -2.22. The molecule has 2 unspecified atom stereocenters. The molecule has 1 saturated heterocycles. The second-order valence-electron chi connectivity index (χ2n) is 4.47. The topological polar surface area (TPSA) is 38.7 Å². The van der Waals surface area contributed by atoms with Crippen LogP contribution >= 0.6 is 11.8 Å². The fraction of sp³-hybridized carbons (Fsp3) is 0.538. The SMILES string of the molecule is OC(c1ccc2c(c1)OCCO2)C1CCSC1. The molecule has 0 amide bonds. The van der Waals surface area contributed by atoms with Crippen molar-refractivity contribution in [2.45, 2.75) is 12.5 Å². The second-order valence-corrected chi connectivity index (χ2v) is 5.62. The Kier molecular flexibility index (Phi) is 3.16. The second kappa shape index (κ2) is 4.78. The van der Waals surface area contributed by atoms with Crippen molar-refractivity contribution in [3.8, 4) is 11.5 Å². The van der Waals surface area contributed by atoms with Crippen molar-refractivity contribution < 1.29 is 14.6 Å². The van der Waals surface area contributed by atoms with Gasteiger partial charge in [-0.2, -0.15) is 11.8 Å². The van der Waals surface area contributed by atoms with E-state index >= 15 is 0 Å². The van der Waals surface area contributed by atoms with Crippen molar-refractivity contribution in [3.63, 3.8) is 0 Å². The zero-order chi connectivity index (χ0) is 11.7. The maximum Gasteiger partial charge on any atom is 0.161 e. The van der Waals surface area contributed by atoms with E-state index in [4.69, 9.17) is 9.47 Å². The number of rotatable bonds is 2. The van der Waals surface area contributed by atoms with Crippen LogP contribution in [-0.4, -0.2) is 29.8 Å². The first-order valence-electron chi connectivity index (χ1n) is 6.00. The fourth-order valence-corrected chi connectivity index (χ4v) is 3.61. The molecule has 2 heterocycles. The Labute approximate surface area is 105 Å². The molecule has 2 atom stereocenters. The van der Waals surface area contributed by atoms with Gasteiger partial charge in [0.2, 0.25) is 0 Å². The fourth-order valence-electron chi connectivity index (χ4n) is 2.32. The first-order chi connectivity index (χ1) is 8.34. The zero-order valence-electron chi connectivity index (χ0n) is 9.59. The first-order valence-corrected chi connectivity index (χ1v) is 7.15. The van der Waals surface area contributed by atoms with E-state index in [0.717, 1.165) is 35.0 Å². The van der Waals surface area contributed by atoms with Gasteiger partial charge in [-0.1, -0.05) is 6.07 Å². The lowest BCUT2D eigenvalue weighted by Crippen LogP contribution is -2.17. The molecule has 17 heavy (non-hydrogen) atoms. The summed E-state index contributed by atoms with van der Waals surface area (Å²) >= 11 is 1.92. The summed E-state index contributed by atoms with van der Waals surface area (Å²) in [6.07, 6.45) is 0.723. The molecule has 1 fully saturated rings. The highest BCUT2D eigenvalue weighted by Gasteiger charge is 2.26. The molecule has 0 aliphatic carbocycles. The van der Waals surface area contributed by atoms with Crippen LogP contribution in [0, 0.1) is 5.92 Å². The Hall–Kier alpha value is -0.870. The molecule has 1 aromatic carbocycles. The van der Waals surface area contributed by atoms with Crippen molar-refractivity contribution in [3.05, 3.63) is 23.8 Å². The van der Waals surface area contributed by atoms with Gasteiger partial charge in [0.15, 0.2) is 11.5 Å². The molecule has 2 aliphatic rings. The standard InChI is InChI=1S/C13H16O3S/c14-13(10-3-6-17-8-10)9-1-2-11-12(7-9)16-5-4-15-11/h1-2,7,10,13-14H,3-6,8H2. The van der Waals surface area contributed by atoms with E-state index in [0.29, 0.717) is 19.1 Å². The summed E-state index contributed by atoms with van der Waals surface area (Å²) in [4.78, 5) is 0. The number of hydrogen-bond donors (Lipinski definition) is 1. The van der Waals surface area contributed by atoms with Crippen LogP contribution in [0.4, 0.5) is 0 Å². The Morgan fingerprint density at radius 3 is 2.82 bits per heavy atom. The van der Waals surface area contributed by atoms with Crippen LogP contribution in [0.15, 0.2) is 18.2 Å². The molecule has 1 aromatic rings. The summed E-state index contributed by atoms with van der Waals surface area (Å²) < 4.78 is 11.0. The van der Waals surface area contributed by atoms with Crippen LogP contribution in [0.3, 0.4) is 0 Å². The van der Waals surface area contributed by atoms with Crippen molar-refractivity contribution >= 4 is 11.8 Å². The first kappa shape index (κ1) is 11.2. The van der Waals surface area contributed by atoms with E-state index in [1.807, 2.05) is 30.0 Å². The van der Waals surface area contributed by atoms with E-state index in [9.17, 15) is 5.11 Å². The van der Waals surface area contributed by atoms with E-state index in [1.54, 1.807) is 0 Å². The highest BCUT2D eigenvalue weighted by Crippen LogP contribution is 2.38. The van der Waals surface area contributed by atoms with E-state index < -0.39 is 0 Å². The molecule has 3 rings (SSSR count). The molecular formula is C13H16O3S. The van der Waals surface area contributed by atoms with Crippen LogP contribution in [0.1, 0.15) is 18.1 Å². The highest BCUT2D eigenvalue weighted by atomic mass is 32.2. The van der Waals surface area contributed by atoms with Crippen LogP contribution in [0.25, 0.3) is 0 Å². The molecule has 4 heteroatoms. The van der Waals surface area contributed by atoms with Gasteiger partial charge in [-0.25, -0.2) is 0 Å². The highest BCUT2D eigenvalue weighted by molar-refractivity contribution is 7.99. The average Bonchev–Trinajstić information content (AvgIpc) is 2.91. The monoisotopic (exact) mass is 252 g/mol. The van der Waals surface area contributed by atoms with E-state index in [2.05, 4.69) is 0 Å². The Morgan fingerprint density at radius 1 is 1.24 bits per heavy atom. The quantitative estimate of drug-likeness (QED) is 0.876. The van der Waals surface area contributed by atoms with Crippen molar-refractivity contribution in [1.82, 2.24) is 0 Å². The third-order valence-electron chi connectivity index (χ3n) is 3.32. The molecule has 2 aliphatic heterocycles. The summed E-state index contributed by atoms with van der Waals surface area (Å²) in [6, 6.07) is 5.76. The van der Waals surface area contributed by atoms with Crippen LogP contribution in [-0.2, 0) is 0 Å². The van der Waals surface area contributed by atoms with Crippen molar-refractivity contribution in [1.29, 1.82) is 0 Å². The number of aliphatic hydroxyl groups is 1. The average molecular weight is 252 g/mol. The lowest BCUT2D eigenvalue weighted by molar-refractivity contribution is 0.119. The molecule has 92 valence electrons. The number of thioether (sulfide) groups is 1. The van der Waals surface area contributed by atoms with Crippen LogP contribution in [0.5, 0.6) is 11.5 Å². The van der Waals surface area contributed by atoms with Gasteiger partial charge in [0.25, 0.3) is 0 Å². The number of benzene rings is 1. The minimum Gasteiger partial charge on any atom is -0.486 e. The third kappa shape index (κ3) is 2.24. The van der Waals surface area contributed by atoms with Gasteiger partial charge < -0.3 is 14.6 Å².